The largest absolute Gasteiger partial charge is 0.399 e. The van der Waals surface area contributed by atoms with Crippen LogP contribution in [0.2, 0.25) is 5.02 Å². The molecule has 4 heteroatoms. The highest BCUT2D eigenvalue weighted by molar-refractivity contribution is 6.30. The van der Waals surface area contributed by atoms with Crippen LogP contribution in [0.4, 0.5) is 17.2 Å². The van der Waals surface area contributed by atoms with E-state index >= 15 is 0 Å². The number of hydrogen-bond donors (Lipinski definition) is 2. The van der Waals surface area contributed by atoms with Crippen LogP contribution in [-0.2, 0) is 0 Å². The van der Waals surface area contributed by atoms with E-state index in [4.69, 9.17) is 17.3 Å². The molecule has 0 atom stereocenters. The number of pyridine rings is 1. The van der Waals surface area contributed by atoms with Gasteiger partial charge in [0.05, 0.1) is 0 Å². The van der Waals surface area contributed by atoms with Crippen LogP contribution in [0, 0.1) is 0 Å². The Labute approximate surface area is 92.9 Å². The van der Waals surface area contributed by atoms with Crippen LogP contribution in [0.5, 0.6) is 0 Å². The van der Waals surface area contributed by atoms with Crippen molar-refractivity contribution in [3.8, 4) is 0 Å². The molecule has 1 aromatic heterocycles. The van der Waals surface area contributed by atoms with Crippen molar-refractivity contribution in [3.05, 3.63) is 47.6 Å². The SMILES string of the molecule is Nc1ccnc(Nc2cccc(Cl)c2)c1. The van der Waals surface area contributed by atoms with E-state index in [1.165, 1.54) is 0 Å². The molecule has 15 heavy (non-hydrogen) atoms. The van der Waals surface area contributed by atoms with Gasteiger partial charge in [-0.2, -0.15) is 0 Å². The molecule has 3 nitrogen and oxygen atoms in total. The van der Waals surface area contributed by atoms with E-state index < -0.39 is 0 Å². The van der Waals surface area contributed by atoms with Crippen LogP contribution in [0.1, 0.15) is 0 Å². The fourth-order valence-electron chi connectivity index (χ4n) is 1.23. The van der Waals surface area contributed by atoms with Crippen LogP contribution >= 0.6 is 11.6 Å². The Balaban J connectivity index is 2.22. The molecule has 76 valence electrons. The zero-order valence-electron chi connectivity index (χ0n) is 7.94. The highest BCUT2D eigenvalue weighted by Gasteiger charge is 1.96. The highest BCUT2D eigenvalue weighted by Crippen LogP contribution is 2.19. The molecule has 1 aromatic carbocycles. The number of anilines is 3. The van der Waals surface area contributed by atoms with E-state index in [1.54, 1.807) is 18.3 Å². The maximum Gasteiger partial charge on any atom is 0.132 e. The number of halogens is 1. The number of nitrogens with one attached hydrogen (secondary N) is 1. The van der Waals surface area contributed by atoms with Crippen molar-refractivity contribution >= 4 is 28.8 Å². The van der Waals surface area contributed by atoms with E-state index in [2.05, 4.69) is 10.3 Å². The van der Waals surface area contributed by atoms with Gasteiger partial charge < -0.3 is 11.1 Å². The van der Waals surface area contributed by atoms with Gasteiger partial charge in [-0.3, -0.25) is 0 Å². The van der Waals surface area contributed by atoms with E-state index in [9.17, 15) is 0 Å². The molecule has 0 saturated heterocycles. The van der Waals surface area contributed by atoms with Gasteiger partial charge in [0.25, 0.3) is 0 Å². The van der Waals surface area contributed by atoms with Crippen molar-refractivity contribution in [1.82, 2.24) is 4.98 Å². The lowest BCUT2D eigenvalue weighted by molar-refractivity contribution is 1.31. The quantitative estimate of drug-likeness (QED) is 0.816. The smallest absolute Gasteiger partial charge is 0.132 e. The molecule has 0 saturated carbocycles. The van der Waals surface area contributed by atoms with Gasteiger partial charge in [-0.15, -0.1) is 0 Å². The fourth-order valence-corrected chi connectivity index (χ4v) is 1.42. The van der Waals surface area contributed by atoms with Crippen molar-refractivity contribution in [2.45, 2.75) is 0 Å². The van der Waals surface area contributed by atoms with Crippen molar-refractivity contribution in [1.29, 1.82) is 0 Å². The summed E-state index contributed by atoms with van der Waals surface area (Å²) in [6.07, 6.45) is 1.65. The molecule has 0 bridgehead atoms. The van der Waals surface area contributed by atoms with Crippen molar-refractivity contribution in [2.75, 3.05) is 11.1 Å². The molecule has 2 aromatic rings. The molecular weight excluding hydrogens is 210 g/mol. The van der Waals surface area contributed by atoms with E-state index in [-0.39, 0.29) is 0 Å². The summed E-state index contributed by atoms with van der Waals surface area (Å²) in [4.78, 5) is 4.13. The molecule has 0 aliphatic rings. The Morgan fingerprint density at radius 3 is 2.80 bits per heavy atom. The standard InChI is InChI=1S/C11H10ClN3/c12-8-2-1-3-10(6-8)15-11-7-9(13)4-5-14-11/h1-7H,(H3,13,14,15). The predicted molar refractivity (Wildman–Crippen MR) is 63.4 cm³/mol. The summed E-state index contributed by atoms with van der Waals surface area (Å²) in [6, 6.07) is 10.9. The molecule has 2 rings (SSSR count). The summed E-state index contributed by atoms with van der Waals surface area (Å²) < 4.78 is 0. The lowest BCUT2D eigenvalue weighted by Gasteiger charge is -2.05. The Kier molecular flexibility index (Phi) is 2.74. The first-order valence-corrected chi connectivity index (χ1v) is 4.86. The predicted octanol–water partition coefficient (Wildman–Crippen LogP) is 3.06. The topological polar surface area (TPSA) is 50.9 Å². The van der Waals surface area contributed by atoms with E-state index in [1.807, 2.05) is 24.3 Å². The highest BCUT2D eigenvalue weighted by atomic mass is 35.5. The molecular formula is C11H10ClN3. The van der Waals surface area contributed by atoms with Crippen molar-refractivity contribution < 1.29 is 0 Å². The second-order valence-electron chi connectivity index (χ2n) is 3.11. The Hall–Kier alpha value is -1.74. The summed E-state index contributed by atoms with van der Waals surface area (Å²) in [5.74, 6) is 0.706. The average Bonchev–Trinajstić information content (AvgIpc) is 2.17. The number of aromatic nitrogens is 1. The fraction of sp³-hybridized carbons (Fsp3) is 0. The van der Waals surface area contributed by atoms with Gasteiger partial charge >= 0.3 is 0 Å². The van der Waals surface area contributed by atoms with Gasteiger partial charge in [0.15, 0.2) is 0 Å². The van der Waals surface area contributed by atoms with Crippen LogP contribution in [0.25, 0.3) is 0 Å². The van der Waals surface area contributed by atoms with E-state index in [0.717, 1.165) is 5.69 Å². The lowest BCUT2D eigenvalue weighted by Crippen LogP contribution is -1.94. The van der Waals surface area contributed by atoms with Crippen LogP contribution in [0.15, 0.2) is 42.6 Å². The van der Waals surface area contributed by atoms with Gasteiger partial charge in [0, 0.05) is 28.7 Å². The lowest BCUT2D eigenvalue weighted by atomic mass is 10.3. The molecule has 3 N–H and O–H groups in total. The summed E-state index contributed by atoms with van der Waals surface area (Å²) in [5.41, 5.74) is 7.20. The number of nitrogens with two attached hydrogens (primary N) is 1. The first kappa shape index (κ1) is 9.80. The number of benzene rings is 1. The minimum Gasteiger partial charge on any atom is -0.399 e. The monoisotopic (exact) mass is 219 g/mol. The molecule has 0 amide bonds. The van der Waals surface area contributed by atoms with Crippen LogP contribution < -0.4 is 11.1 Å². The summed E-state index contributed by atoms with van der Waals surface area (Å²) in [6.45, 7) is 0. The zero-order chi connectivity index (χ0) is 10.7. The zero-order valence-corrected chi connectivity index (χ0v) is 8.70. The minimum absolute atomic E-state index is 0.675. The van der Waals surface area contributed by atoms with Gasteiger partial charge in [0.2, 0.25) is 0 Å². The van der Waals surface area contributed by atoms with Gasteiger partial charge in [-0.1, -0.05) is 17.7 Å². The first-order valence-electron chi connectivity index (χ1n) is 4.48. The Morgan fingerprint density at radius 1 is 1.20 bits per heavy atom. The second-order valence-corrected chi connectivity index (χ2v) is 3.55. The second kappa shape index (κ2) is 4.19. The molecule has 0 aliphatic carbocycles. The molecule has 1 heterocycles. The van der Waals surface area contributed by atoms with Gasteiger partial charge in [0.1, 0.15) is 5.82 Å². The average molecular weight is 220 g/mol. The summed E-state index contributed by atoms with van der Waals surface area (Å²) >= 11 is 5.86. The molecule has 0 fully saturated rings. The summed E-state index contributed by atoms with van der Waals surface area (Å²) in [7, 11) is 0. The number of rotatable bonds is 2. The third-order valence-electron chi connectivity index (χ3n) is 1.88. The number of nitrogen functional groups attached to an aromatic ring is 1. The molecule has 0 spiro atoms. The summed E-state index contributed by atoms with van der Waals surface area (Å²) in [5, 5.41) is 3.79. The van der Waals surface area contributed by atoms with Gasteiger partial charge in [-0.25, -0.2) is 4.98 Å². The number of nitrogens with zero attached hydrogens (tertiary/aromatic N) is 1. The minimum atomic E-state index is 0.675. The van der Waals surface area contributed by atoms with Gasteiger partial charge in [-0.05, 0) is 24.3 Å². The third kappa shape index (κ3) is 2.60. The van der Waals surface area contributed by atoms with Crippen LogP contribution in [0.3, 0.4) is 0 Å². The molecule has 0 radical (unpaired) electrons. The van der Waals surface area contributed by atoms with Crippen LogP contribution in [-0.4, -0.2) is 4.98 Å². The maximum absolute atomic E-state index is 5.86. The molecule has 0 unspecified atom stereocenters. The van der Waals surface area contributed by atoms with Crippen molar-refractivity contribution in [2.24, 2.45) is 0 Å². The van der Waals surface area contributed by atoms with Crippen molar-refractivity contribution in [3.63, 3.8) is 0 Å². The maximum atomic E-state index is 5.86. The number of hydrogen-bond acceptors (Lipinski definition) is 3. The first-order chi connectivity index (χ1) is 7.24. The van der Waals surface area contributed by atoms with E-state index in [0.29, 0.717) is 16.5 Å². The Morgan fingerprint density at radius 2 is 2.07 bits per heavy atom. The molecule has 0 aliphatic heterocycles. The normalized spacial score (nSPS) is 9.93. The third-order valence-corrected chi connectivity index (χ3v) is 2.12. The Bertz CT molecular complexity index is 427.